The Labute approximate surface area is 127 Å². The summed E-state index contributed by atoms with van der Waals surface area (Å²) in [6.07, 6.45) is 0.419. The number of nitro benzene ring substituents is 1. The smallest absolute Gasteiger partial charge is 0.294 e. The second-order valence-electron chi connectivity index (χ2n) is 4.60. The first-order valence-electron chi connectivity index (χ1n) is 5.75. The highest BCUT2D eigenvalue weighted by molar-refractivity contribution is 9.10. The van der Waals surface area contributed by atoms with E-state index in [9.17, 15) is 14.9 Å². The molecule has 1 aromatic rings. The number of nitro groups is 1. The van der Waals surface area contributed by atoms with Crippen molar-refractivity contribution in [2.24, 2.45) is 5.92 Å². The number of anilines is 1. The molecule has 0 radical (unpaired) electrons. The molecule has 0 spiro atoms. The van der Waals surface area contributed by atoms with Crippen LogP contribution in [0.3, 0.4) is 0 Å². The van der Waals surface area contributed by atoms with Crippen LogP contribution in [0.2, 0.25) is 0 Å². The van der Waals surface area contributed by atoms with Crippen molar-refractivity contribution >= 4 is 49.1 Å². The Kier molecular flexibility index (Phi) is 4.25. The van der Waals surface area contributed by atoms with Gasteiger partial charge in [0.15, 0.2) is 0 Å². The van der Waals surface area contributed by atoms with Gasteiger partial charge < -0.3 is 4.90 Å². The number of carbonyl (C=O) groups excluding carboxylic acids is 1. The van der Waals surface area contributed by atoms with Crippen LogP contribution in [-0.4, -0.2) is 22.7 Å². The van der Waals surface area contributed by atoms with Crippen molar-refractivity contribution in [1.82, 2.24) is 0 Å². The fraction of sp³-hybridized carbons (Fsp3) is 0.417. The minimum absolute atomic E-state index is 0.0320. The number of hydrogen-bond donors (Lipinski definition) is 0. The molecule has 102 valence electrons. The van der Waals surface area contributed by atoms with Crippen LogP contribution < -0.4 is 4.90 Å². The van der Waals surface area contributed by atoms with Gasteiger partial charge in [-0.2, -0.15) is 0 Å². The highest BCUT2D eigenvalue weighted by atomic mass is 79.9. The fourth-order valence-corrected chi connectivity index (χ4v) is 3.44. The van der Waals surface area contributed by atoms with Crippen LogP contribution in [0.1, 0.15) is 12.0 Å². The Morgan fingerprint density at radius 1 is 1.53 bits per heavy atom. The van der Waals surface area contributed by atoms with E-state index in [1.807, 2.05) is 0 Å². The second-order valence-corrected chi connectivity index (χ2v) is 6.10. The normalized spacial score (nSPS) is 19.0. The largest absolute Gasteiger partial charge is 0.305 e. The third-order valence-corrected chi connectivity index (χ3v) is 4.60. The van der Waals surface area contributed by atoms with Gasteiger partial charge >= 0.3 is 0 Å². The van der Waals surface area contributed by atoms with Crippen molar-refractivity contribution in [2.75, 3.05) is 16.8 Å². The van der Waals surface area contributed by atoms with E-state index < -0.39 is 4.92 Å². The van der Waals surface area contributed by atoms with Crippen LogP contribution in [0.15, 0.2) is 16.6 Å². The lowest BCUT2D eigenvalue weighted by Gasteiger charge is -2.18. The molecule has 0 aromatic heterocycles. The van der Waals surface area contributed by atoms with E-state index >= 15 is 0 Å². The van der Waals surface area contributed by atoms with Crippen molar-refractivity contribution in [2.45, 2.75) is 13.3 Å². The predicted octanol–water partition coefficient (Wildman–Crippen LogP) is 3.41. The third kappa shape index (κ3) is 2.81. The first-order valence-corrected chi connectivity index (χ1v) is 7.66. The van der Waals surface area contributed by atoms with E-state index in [1.165, 1.54) is 11.0 Å². The summed E-state index contributed by atoms with van der Waals surface area (Å²) in [6, 6.07) is 3.28. The molecule has 1 aliphatic heterocycles. The second kappa shape index (κ2) is 5.58. The maximum atomic E-state index is 12.0. The first kappa shape index (κ1) is 14.5. The Balaban J connectivity index is 2.50. The van der Waals surface area contributed by atoms with Gasteiger partial charge in [-0.1, -0.05) is 15.9 Å². The van der Waals surface area contributed by atoms with Gasteiger partial charge in [-0.15, -0.1) is 0 Å². The summed E-state index contributed by atoms with van der Waals surface area (Å²) in [4.78, 5) is 24.3. The number of alkyl halides is 1. The summed E-state index contributed by atoms with van der Waals surface area (Å²) in [5, 5.41) is 11.9. The Hall–Kier alpha value is -0.950. The van der Waals surface area contributed by atoms with Gasteiger partial charge in [0.05, 0.1) is 4.92 Å². The molecule has 1 aromatic carbocycles. The molecule has 1 unspecified atom stereocenters. The quantitative estimate of drug-likeness (QED) is 0.450. The Bertz CT molecular complexity index is 548. The average molecular weight is 392 g/mol. The molecule has 1 atom stereocenters. The van der Waals surface area contributed by atoms with E-state index in [-0.39, 0.29) is 17.5 Å². The summed E-state index contributed by atoms with van der Waals surface area (Å²) in [5.41, 5.74) is 1.12. The topological polar surface area (TPSA) is 63.5 Å². The molecular weight excluding hydrogens is 380 g/mol. The van der Waals surface area contributed by atoms with Crippen LogP contribution in [-0.2, 0) is 4.79 Å². The van der Waals surface area contributed by atoms with Crippen LogP contribution >= 0.6 is 31.9 Å². The molecule has 1 amide bonds. The van der Waals surface area contributed by atoms with Gasteiger partial charge in [-0.3, -0.25) is 14.9 Å². The van der Waals surface area contributed by atoms with Gasteiger partial charge in [-0.25, -0.2) is 0 Å². The van der Waals surface area contributed by atoms with E-state index in [0.29, 0.717) is 28.5 Å². The maximum Gasteiger partial charge on any atom is 0.294 e. The number of nitrogens with zero attached hydrogens (tertiary/aromatic N) is 2. The monoisotopic (exact) mass is 390 g/mol. The summed E-state index contributed by atoms with van der Waals surface area (Å²) in [7, 11) is 0. The highest BCUT2D eigenvalue weighted by Gasteiger charge is 2.35. The molecule has 2 rings (SSSR count). The lowest BCUT2D eigenvalue weighted by Crippen LogP contribution is -2.26. The van der Waals surface area contributed by atoms with Crippen LogP contribution in [0.5, 0.6) is 0 Å². The number of carbonyl (C=O) groups is 1. The molecule has 19 heavy (non-hydrogen) atoms. The van der Waals surface area contributed by atoms with E-state index in [0.717, 1.165) is 5.56 Å². The number of rotatable bonds is 3. The van der Waals surface area contributed by atoms with Gasteiger partial charge in [0.25, 0.3) is 5.69 Å². The summed E-state index contributed by atoms with van der Waals surface area (Å²) >= 11 is 6.69. The number of aryl methyl sites for hydroxylation is 1. The van der Waals surface area contributed by atoms with Gasteiger partial charge in [0.1, 0.15) is 5.69 Å². The average Bonchev–Trinajstić information content (AvgIpc) is 2.69. The summed E-state index contributed by atoms with van der Waals surface area (Å²) < 4.78 is 0.586. The van der Waals surface area contributed by atoms with Gasteiger partial charge in [-0.05, 0) is 40.4 Å². The highest BCUT2D eigenvalue weighted by Crippen LogP contribution is 2.40. The van der Waals surface area contributed by atoms with E-state index in [2.05, 4.69) is 31.9 Å². The molecule has 0 bridgehead atoms. The van der Waals surface area contributed by atoms with Crippen molar-refractivity contribution in [3.63, 3.8) is 0 Å². The lowest BCUT2D eigenvalue weighted by atomic mass is 10.1. The van der Waals surface area contributed by atoms with Gasteiger partial charge in [0, 0.05) is 28.8 Å². The fourth-order valence-electron chi connectivity index (χ4n) is 2.22. The Morgan fingerprint density at radius 3 is 2.74 bits per heavy atom. The van der Waals surface area contributed by atoms with Crippen LogP contribution in [0.25, 0.3) is 0 Å². The zero-order valence-electron chi connectivity index (χ0n) is 10.2. The first-order chi connectivity index (χ1) is 8.93. The van der Waals surface area contributed by atoms with Gasteiger partial charge in [0.2, 0.25) is 5.91 Å². The van der Waals surface area contributed by atoms with Crippen molar-refractivity contribution in [3.05, 3.63) is 32.3 Å². The van der Waals surface area contributed by atoms with Crippen LogP contribution in [0.4, 0.5) is 11.4 Å². The van der Waals surface area contributed by atoms with Crippen molar-refractivity contribution in [3.8, 4) is 0 Å². The molecular formula is C12H12Br2N2O3. The zero-order valence-corrected chi connectivity index (χ0v) is 13.4. The van der Waals surface area contributed by atoms with Crippen molar-refractivity contribution < 1.29 is 9.72 Å². The number of amides is 1. The molecule has 1 fully saturated rings. The summed E-state index contributed by atoms with van der Waals surface area (Å²) in [5.74, 6) is 0.123. The molecule has 0 aliphatic carbocycles. The molecule has 0 saturated carbocycles. The molecule has 1 aliphatic rings. The SMILES string of the molecule is Cc1cc(Br)c(N2CC(CBr)CC2=O)c([N+](=O)[O-])c1. The van der Waals surface area contributed by atoms with E-state index in [4.69, 9.17) is 0 Å². The molecule has 7 heteroatoms. The van der Waals surface area contributed by atoms with Crippen molar-refractivity contribution in [1.29, 1.82) is 0 Å². The van der Waals surface area contributed by atoms with Crippen LogP contribution in [0, 0.1) is 23.0 Å². The third-order valence-electron chi connectivity index (χ3n) is 3.08. The maximum absolute atomic E-state index is 12.0. The predicted molar refractivity (Wildman–Crippen MR) is 79.8 cm³/mol. The summed E-state index contributed by atoms with van der Waals surface area (Å²) in [6.45, 7) is 2.29. The van der Waals surface area contributed by atoms with E-state index in [1.54, 1.807) is 13.0 Å². The lowest BCUT2D eigenvalue weighted by molar-refractivity contribution is -0.384. The standard InChI is InChI=1S/C12H12Br2N2O3/c1-7-2-9(14)12(10(3-7)16(18)19)15-6-8(5-13)4-11(15)17/h2-3,8H,4-6H2,1H3. The number of hydrogen-bond acceptors (Lipinski definition) is 3. The number of halogens is 2. The molecule has 1 saturated heterocycles. The molecule has 0 N–H and O–H groups in total. The minimum Gasteiger partial charge on any atom is -0.305 e. The molecule has 1 heterocycles. The minimum atomic E-state index is -0.443. The zero-order chi connectivity index (χ0) is 14.2. The molecule has 5 nitrogen and oxygen atoms in total. The number of benzene rings is 1. The Morgan fingerprint density at radius 2 is 2.21 bits per heavy atom.